The molecule has 6 heteroatoms. The summed E-state index contributed by atoms with van der Waals surface area (Å²) in [4.78, 5) is 1.11. The van der Waals surface area contributed by atoms with E-state index in [0.717, 1.165) is 5.56 Å². The van der Waals surface area contributed by atoms with Gasteiger partial charge in [-0.05, 0) is 43.3 Å². The predicted molar refractivity (Wildman–Crippen MR) is 84.7 cm³/mol. The minimum atomic E-state index is -4.27. The molecular formula is C15H18O4S2. The number of phenolic OH excluding ortho intramolecular Hbond substituents is 1. The Morgan fingerprint density at radius 3 is 1.81 bits per heavy atom. The molecule has 0 spiro atoms. The molecule has 21 heavy (non-hydrogen) atoms. The number of rotatable bonds is 2. The van der Waals surface area contributed by atoms with Crippen molar-refractivity contribution in [2.75, 3.05) is 12.5 Å². The molecule has 0 heterocycles. The highest BCUT2D eigenvalue weighted by molar-refractivity contribution is 7.95. The Morgan fingerprint density at radius 2 is 1.43 bits per heavy atom. The largest absolute Gasteiger partial charge is 0.744 e. The Morgan fingerprint density at radius 1 is 0.952 bits per heavy atom. The van der Waals surface area contributed by atoms with Crippen molar-refractivity contribution in [1.82, 2.24) is 0 Å². The number of phenols is 1. The highest BCUT2D eigenvalue weighted by Crippen LogP contribution is 2.13. The van der Waals surface area contributed by atoms with Crippen molar-refractivity contribution < 1.29 is 18.1 Å². The van der Waals surface area contributed by atoms with Crippen LogP contribution in [0, 0.1) is 6.92 Å². The van der Waals surface area contributed by atoms with Crippen LogP contribution in [0.2, 0.25) is 0 Å². The molecule has 2 aromatic rings. The first-order valence-electron chi connectivity index (χ1n) is 6.09. The normalized spacial score (nSPS) is 10.9. The summed E-state index contributed by atoms with van der Waals surface area (Å²) in [6.07, 6.45) is 4.32. The quantitative estimate of drug-likeness (QED) is 0.679. The molecule has 2 rings (SSSR count). The molecule has 0 bridgehead atoms. The third-order valence-corrected chi connectivity index (χ3v) is 4.68. The van der Waals surface area contributed by atoms with Crippen molar-refractivity contribution in [3.8, 4) is 5.75 Å². The fourth-order valence-electron chi connectivity index (χ4n) is 1.42. The number of aryl methyl sites for hydroxylation is 1. The van der Waals surface area contributed by atoms with Crippen molar-refractivity contribution >= 4 is 21.0 Å². The highest BCUT2D eigenvalue weighted by atomic mass is 32.2. The third-order valence-electron chi connectivity index (χ3n) is 2.62. The fourth-order valence-corrected chi connectivity index (χ4v) is 2.57. The van der Waals surface area contributed by atoms with Gasteiger partial charge in [-0.15, -0.1) is 0 Å². The lowest BCUT2D eigenvalue weighted by Gasteiger charge is -2.05. The van der Waals surface area contributed by atoms with Crippen LogP contribution >= 0.6 is 0 Å². The summed E-state index contributed by atoms with van der Waals surface area (Å²) < 4.78 is 31.2. The Labute approximate surface area is 128 Å². The number of aromatic hydroxyl groups is 1. The van der Waals surface area contributed by atoms with E-state index in [-0.39, 0.29) is 4.90 Å². The molecule has 1 N–H and O–H groups in total. The van der Waals surface area contributed by atoms with Gasteiger partial charge in [0.05, 0.1) is 4.90 Å². The van der Waals surface area contributed by atoms with Gasteiger partial charge in [0, 0.05) is 10.9 Å². The first-order chi connectivity index (χ1) is 9.70. The first kappa shape index (κ1) is 17.6. The van der Waals surface area contributed by atoms with Crippen LogP contribution in [0.3, 0.4) is 0 Å². The number of benzene rings is 2. The standard InChI is InChI=1S/C8H10OS.C7H8O3S/c1-10(2)8-5-3-7(9)4-6-8;1-6-2-4-7(5-3-6)11(8,9)10/h3-6H,1-2H3;2-5H,1H3,(H,8,9,10). The van der Waals surface area contributed by atoms with Crippen LogP contribution in [-0.4, -0.2) is 30.6 Å². The Hall–Kier alpha value is -1.50. The molecule has 0 fully saturated rings. The van der Waals surface area contributed by atoms with E-state index in [9.17, 15) is 13.0 Å². The molecular weight excluding hydrogens is 308 g/mol. The van der Waals surface area contributed by atoms with Crippen molar-refractivity contribution in [1.29, 1.82) is 0 Å². The van der Waals surface area contributed by atoms with Crippen LogP contribution < -0.4 is 0 Å². The number of hydrogen-bond acceptors (Lipinski definition) is 4. The maximum Gasteiger partial charge on any atom is 0.154 e. The summed E-state index contributed by atoms with van der Waals surface area (Å²) in [5.74, 6) is 0.342. The lowest BCUT2D eigenvalue weighted by atomic mass is 10.2. The van der Waals surface area contributed by atoms with E-state index >= 15 is 0 Å². The molecule has 0 aromatic heterocycles. The first-order valence-corrected chi connectivity index (χ1v) is 9.54. The zero-order valence-electron chi connectivity index (χ0n) is 12.1. The molecule has 0 saturated carbocycles. The van der Waals surface area contributed by atoms with Gasteiger partial charge in [-0.1, -0.05) is 17.7 Å². The molecule has 0 aliphatic heterocycles. The molecule has 4 nitrogen and oxygen atoms in total. The summed E-state index contributed by atoms with van der Waals surface area (Å²) in [5, 5.41) is 8.94. The lowest BCUT2D eigenvalue weighted by molar-refractivity contribution is 0.463. The topological polar surface area (TPSA) is 77.4 Å². The third kappa shape index (κ3) is 6.20. The average Bonchev–Trinajstić information content (AvgIpc) is 2.39. The summed E-state index contributed by atoms with van der Waals surface area (Å²) in [7, 11) is -3.97. The van der Waals surface area contributed by atoms with E-state index in [4.69, 9.17) is 5.11 Å². The molecule has 0 aliphatic carbocycles. The van der Waals surface area contributed by atoms with Crippen LogP contribution in [0.4, 0.5) is 0 Å². The smallest absolute Gasteiger partial charge is 0.154 e. The lowest BCUT2D eigenvalue weighted by Crippen LogP contribution is -1.97. The van der Waals surface area contributed by atoms with Gasteiger partial charge in [-0.25, -0.2) is 8.42 Å². The van der Waals surface area contributed by atoms with E-state index in [1.807, 2.05) is 19.1 Å². The van der Waals surface area contributed by atoms with Crippen LogP contribution in [0.15, 0.2) is 58.3 Å². The predicted octanol–water partition coefficient (Wildman–Crippen LogP) is 2.53. The van der Waals surface area contributed by atoms with Crippen molar-refractivity contribution in [2.24, 2.45) is 0 Å². The van der Waals surface area contributed by atoms with Crippen LogP contribution in [-0.2, 0) is 21.0 Å². The zero-order chi connectivity index (χ0) is 16.0. The van der Waals surface area contributed by atoms with Gasteiger partial charge < -0.3 is 9.66 Å². The maximum atomic E-state index is 10.4. The van der Waals surface area contributed by atoms with E-state index in [0.29, 0.717) is 16.6 Å². The minimum Gasteiger partial charge on any atom is -0.744 e. The van der Waals surface area contributed by atoms with Crippen LogP contribution in [0.25, 0.3) is 0 Å². The second-order valence-electron chi connectivity index (χ2n) is 4.58. The van der Waals surface area contributed by atoms with E-state index in [1.54, 1.807) is 24.3 Å². The van der Waals surface area contributed by atoms with Gasteiger partial charge in [0.1, 0.15) is 28.4 Å². The molecule has 0 aliphatic rings. The Bertz CT molecular complexity index is 660. The fraction of sp³-hybridized carbons (Fsp3) is 0.200. The van der Waals surface area contributed by atoms with Gasteiger partial charge in [0.15, 0.2) is 4.90 Å². The highest BCUT2D eigenvalue weighted by Gasteiger charge is 2.05. The van der Waals surface area contributed by atoms with Gasteiger partial charge in [0.2, 0.25) is 0 Å². The summed E-state index contributed by atoms with van der Waals surface area (Å²) in [6, 6.07) is 13.1. The minimum absolute atomic E-state index is 0.178. The SMILES string of the molecule is C[S+](C)c1ccc(O)cc1.Cc1ccc(S(=O)(=O)[O-])cc1. The average molecular weight is 326 g/mol. The molecule has 0 atom stereocenters. The molecule has 114 valence electrons. The second kappa shape index (κ2) is 7.49. The van der Waals surface area contributed by atoms with Crippen LogP contribution in [0.1, 0.15) is 5.56 Å². The van der Waals surface area contributed by atoms with E-state index in [2.05, 4.69) is 12.5 Å². The zero-order valence-corrected chi connectivity index (χ0v) is 13.7. The van der Waals surface area contributed by atoms with E-state index < -0.39 is 10.1 Å². The van der Waals surface area contributed by atoms with Gasteiger partial charge >= 0.3 is 0 Å². The summed E-state index contributed by atoms with van der Waals surface area (Å²) in [6.45, 7) is 1.82. The molecule has 0 unspecified atom stereocenters. The summed E-state index contributed by atoms with van der Waals surface area (Å²) >= 11 is 0. The van der Waals surface area contributed by atoms with Crippen molar-refractivity contribution in [2.45, 2.75) is 16.7 Å². The molecule has 0 saturated heterocycles. The maximum absolute atomic E-state index is 10.4. The Balaban J connectivity index is 0.000000211. The summed E-state index contributed by atoms with van der Waals surface area (Å²) in [5.41, 5.74) is 0.928. The Kier molecular flexibility index (Phi) is 6.26. The van der Waals surface area contributed by atoms with Gasteiger partial charge in [-0.3, -0.25) is 0 Å². The van der Waals surface area contributed by atoms with Crippen molar-refractivity contribution in [3.63, 3.8) is 0 Å². The molecule has 0 radical (unpaired) electrons. The van der Waals surface area contributed by atoms with Gasteiger partial charge in [-0.2, -0.15) is 0 Å². The van der Waals surface area contributed by atoms with Gasteiger partial charge in [0.25, 0.3) is 0 Å². The molecule has 2 aromatic carbocycles. The van der Waals surface area contributed by atoms with E-state index in [1.165, 1.54) is 17.0 Å². The monoisotopic (exact) mass is 326 g/mol. The van der Waals surface area contributed by atoms with Crippen LogP contribution in [0.5, 0.6) is 5.75 Å². The number of hydrogen-bond donors (Lipinski definition) is 1. The van der Waals surface area contributed by atoms with Crippen molar-refractivity contribution in [3.05, 3.63) is 54.1 Å². The molecule has 0 amide bonds. The second-order valence-corrected chi connectivity index (χ2v) is 8.06.